The molecule has 4 aromatic rings. The van der Waals surface area contributed by atoms with E-state index in [0.717, 1.165) is 16.7 Å². The second-order valence-corrected chi connectivity index (χ2v) is 9.29. The SMILES string of the molecule is O=C(O)CCNC(=O)c1ccc(C(Nc2nc(-c3ccc([N+](=O)[O-])cc3)cs2)c2ccc(Cl)cc2)cc1. The number of anilines is 1. The van der Waals surface area contributed by atoms with Gasteiger partial charge in [-0.15, -0.1) is 11.3 Å². The number of nitrogens with zero attached hydrogens (tertiary/aromatic N) is 2. The predicted octanol–water partition coefficient (Wildman–Crippen LogP) is 5.78. The van der Waals surface area contributed by atoms with E-state index in [9.17, 15) is 19.7 Å². The average molecular weight is 537 g/mol. The number of aliphatic carboxylic acids is 1. The number of amides is 1. The van der Waals surface area contributed by atoms with Gasteiger partial charge in [-0.2, -0.15) is 0 Å². The number of hydrogen-bond donors (Lipinski definition) is 3. The van der Waals surface area contributed by atoms with E-state index in [4.69, 9.17) is 16.7 Å². The molecule has 0 aliphatic heterocycles. The van der Waals surface area contributed by atoms with Crippen molar-refractivity contribution >= 4 is 45.6 Å². The quantitative estimate of drug-likeness (QED) is 0.173. The van der Waals surface area contributed by atoms with Gasteiger partial charge in [-0.3, -0.25) is 19.7 Å². The van der Waals surface area contributed by atoms with Crippen LogP contribution >= 0.6 is 22.9 Å². The number of carbonyl (C=O) groups excluding carboxylic acids is 1. The van der Waals surface area contributed by atoms with Gasteiger partial charge in [0.15, 0.2) is 5.13 Å². The van der Waals surface area contributed by atoms with Crippen LogP contribution in [0, 0.1) is 10.1 Å². The van der Waals surface area contributed by atoms with Crippen LogP contribution in [0.1, 0.15) is 33.9 Å². The fourth-order valence-corrected chi connectivity index (χ4v) is 4.45. The van der Waals surface area contributed by atoms with Crippen molar-refractivity contribution < 1.29 is 19.6 Å². The van der Waals surface area contributed by atoms with Gasteiger partial charge in [0, 0.05) is 40.2 Å². The highest BCUT2D eigenvalue weighted by Gasteiger charge is 2.18. The van der Waals surface area contributed by atoms with Gasteiger partial charge in [-0.25, -0.2) is 4.98 Å². The fourth-order valence-electron chi connectivity index (χ4n) is 3.58. The molecule has 1 unspecified atom stereocenters. The van der Waals surface area contributed by atoms with Crippen molar-refractivity contribution in [3.8, 4) is 11.3 Å². The van der Waals surface area contributed by atoms with Crippen molar-refractivity contribution in [1.29, 1.82) is 0 Å². The molecule has 1 aromatic heterocycles. The molecule has 0 radical (unpaired) electrons. The van der Waals surface area contributed by atoms with Crippen LogP contribution in [0.4, 0.5) is 10.8 Å². The molecule has 188 valence electrons. The number of nitrogens with one attached hydrogen (secondary N) is 2. The molecular weight excluding hydrogens is 516 g/mol. The maximum atomic E-state index is 12.3. The maximum Gasteiger partial charge on any atom is 0.305 e. The summed E-state index contributed by atoms with van der Waals surface area (Å²) in [5.74, 6) is -1.33. The minimum Gasteiger partial charge on any atom is -0.481 e. The molecule has 0 saturated carbocycles. The topological polar surface area (TPSA) is 134 Å². The van der Waals surface area contributed by atoms with Gasteiger partial charge in [0.05, 0.1) is 23.1 Å². The molecule has 1 heterocycles. The Balaban J connectivity index is 1.55. The molecule has 0 aliphatic rings. The zero-order chi connectivity index (χ0) is 26.4. The fraction of sp³-hybridized carbons (Fsp3) is 0.115. The number of benzene rings is 3. The summed E-state index contributed by atoms with van der Waals surface area (Å²) in [5, 5.41) is 28.8. The van der Waals surface area contributed by atoms with E-state index in [1.54, 1.807) is 36.4 Å². The third kappa shape index (κ3) is 6.69. The summed E-state index contributed by atoms with van der Waals surface area (Å²) in [4.78, 5) is 38.1. The Morgan fingerprint density at radius 2 is 1.62 bits per heavy atom. The van der Waals surface area contributed by atoms with E-state index in [1.165, 1.54) is 23.5 Å². The van der Waals surface area contributed by atoms with Crippen LogP contribution in [-0.2, 0) is 4.79 Å². The molecule has 11 heteroatoms. The number of carboxylic acid groups (broad SMARTS) is 1. The summed E-state index contributed by atoms with van der Waals surface area (Å²) in [6.45, 7) is 0.0476. The van der Waals surface area contributed by atoms with Crippen molar-refractivity contribution in [3.05, 3.63) is 110 Å². The number of aromatic nitrogens is 1. The number of hydrogen-bond acceptors (Lipinski definition) is 7. The Bertz CT molecular complexity index is 1410. The number of thiazole rings is 1. The molecule has 3 aromatic carbocycles. The molecule has 0 fully saturated rings. The van der Waals surface area contributed by atoms with Crippen LogP contribution in [0.3, 0.4) is 0 Å². The maximum absolute atomic E-state index is 12.3. The molecule has 3 N–H and O–H groups in total. The Morgan fingerprint density at radius 3 is 2.22 bits per heavy atom. The van der Waals surface area contributed by atoms with Crippen LogP contribution in [0.15, 0.2) is 78.2 Å². The third-order valence-electron chi connectivity index (χ3n) is 5.48. The zero-order valence-corrected chi connectivity index (χ0v) is 20.8. The first kappa shape index (κ1) is 25.8. The predicted molar refractivity (Wildman–Crippen MR) is 142 cm³/mol. The number of halogens is 1. The van der Waals surface area contributed by atoms with Crippen LogP contribution in [0.5, 0.6) is 0 Å². The van der Waals surface area contributed by atoms with Crippen LogP contribution in [0.25, 0.3) is 11.3 Å². The molecule has 0 bridgehead atoms. The van der Waals surface area contributed by atoms with Crippen LogP contribution < -0.4 is 10.6 Å². The highest BCUT2D eigenvalue weighted by Crippen LogP contribution is 2.32. The molecule has 0 aliphatic carbocycles. The van der Waals surface area contributed by atoms with E-state index < -0.39 is 10.9 Å². The molecule has 1 atom stereocenters. The lowest BCUT2D eigenvalue weighted by Gasteiger charge is -2.20. The number of nitro groups is 1. The summed E-state index contributed by atoms with van der Waals surface area (Å²) in [6, 6.07) is 20.3. The number of rotatable bonds is 10. The van der Waals surface area contributed by atoms with E-state index in [-0.39, 0.29) is 30.6 Å². The monoisotopic (exact) mass is 536 g/mol. The van der Waals surface area contributed by atoms with Gasteiger partial charge in [0.25, 0.3) is 11.6 Å². The Labute approximate surface area is 220 Å². The minimum absolute atomic E-state index is 0.0131. The Kier molecular flexibility index (Phi) is 8.11. The molecule has 37 heavy (non-hydrogen) atoms. The lowest BCUT2D eigenvalue weighted by molar-refractivity contribution is -0.384. The molecular formula is C26H21ClN4O5S. The van der Waals surface area contributed by atoms with Crippen molar-refractivity contribution in [2.45, 2.75) is 12.5 Å². The van der Waals surface area contributed by atoms with Gasteiger partial charge in [0.1, 0.15) is 0 Å². The van der Waals surface area contributed by atoms with Gasteiger partial charge in [0.2, 0.25) is 0 Å². The highest BCUT2D eigenvalue weighted by molar-refractivity contribution is 7.14. The van der Waals surface area contributed by atoms with Crippen molar-refractivity contribution in [1.82, 2.24) is 10.3 Å². The van der Waals surface area contributed by atoms with Crippen molar-refractivity contribution in [2.75, 3.05) is 11.9 Å². The summed E-state index contributed by atoms with van der Waals surface area (Å²) in [5.41, 5.74) is 3.67. The molecule has 9 nitrogen and oxygen atoms in total. The Morgan fingerprint density at radius 1 is 1.00 bits per heavy atom. The largest absolute Gasteiger partial charge is 0.481 e. The summed E-state index contributed by atoms with van der Waals surface area (Å²) in [6.07, 6.45) is -0.151. The van der Waals surface area contributed by atoms with Crippen LogP contribution in [0.2, 0.25) is 5.02 Å². The number of nitro benzene ring substituents is 1. The zero-order valence-electron chi connectivity index (χ0n) is 19.3. The van der Waals surface area contributed by atoms with Gasteiger partial charge < -0.3 is 15.7 Å². The lowest BCUT2D eigenvalue weighted by Crippen LogP contribution is -2.26. The lowest BCUT2D eigenvalue weighted by atomic mass is 9.97. The minimum atomic E-state index is -0.980. The standard InChI is InChI=1S/C26H21ClN4O5S/c27-20-9-5-18(6-10-20)24(17-1-3-19(4-2-17)25(34)28-14-13-23(32)33)30-26-29-22(15-37-26)16-7-11-21(12-8-16)31(35)36/h1-12,15,24H,13-14H2,(H,28,34)(H,29,30)(H,32,33). The van der Waals surface area contributed by atoms with E-state index in [0.29, 0.717) is 21.4 Å². The first-order valence-electron chi connectivity index (χ1n) is 11.1. The second-order valence-electron chi connectivity index (χ2n) is 7.99. The molecule has 0 saturated heterocycles. The normalized spacial score (nSPS) is 11.5. The van der Waals surface area contributed by atoms with E-state index in [2.05, 4.69) is 15.6 Å². The van der Waals surface area contributed by atoms with E-state index >= 15 is 0 Å². The first-order chi connectivity index (χ1) is 17.8. The summed E-state index contributed by atoms with van der Waals surface area (Å²) < 4.78 is 0. The van der Waals surface area contributed by atoms with Crippen molar-refractivity contribution in [3.63, 3.8) is 0 Å². The first-order valence-corrected chi connectivity index (χ1v) is 12.4. The second kappa shape index (κ2) is 11.6. The number of non-ortho nitro benzene ring substituents is 1. The average Bonchev–Trinajstić information content (AvgIpc) is 3.36. The van der Waals surface area contributed by atoms with Gasteiger partial charge in [-0.05, 0) is 47.5 Å². The highest BCUT2D eigenvalue weighted by atomic mass is 35.5. The molecule has 1 amide bonds. The third-order valence-corrected chi connectivity index (χ3v) is 6.51. The van der Waals surface area contributed by atoms with Gasteiger partial charge >= 0.3 is 5.97 Å². The van der Waals surface area contributed by atoms with Crippen LogP contribution in [-0.4, -0.2) is 33.4 Å². The summed E-state index contributed by atoms with van der Waals surface area (Å²) in [7, 11) is 0. The number of carbonyl (C=O) groups is 2. The molecule has 0 spiro atoms. The number of carboxylic acids is 1. The van der Waals surface area contributed by atoms with Crippen molar-refractivity contribution in [2.24, 2.45) is 0 Å². The van der Waals surface area contributed by atoms with Gasteiger partial charge in [-0.1, -0.05) is 35.9 Å². The molecule has 4 rings (SSSR count). The Hall–Kier alpha value is -4.28. The van der Waals surface area contributed by atoms with E-state index in [1.807, 2.05) is 29.6 Å². The smallest absolute Gasteiger partial charge is 0.305 e. The summed E-state index contributed by atoms with van der Waals surface area (Å²) >= 11 is 7.49.